The lowest BCUT2D eigenvalue weighted by Gasteiger charge is -2.25. The molecule has 0 unspecified atom stereocenters. The fourth-order valence-corrected chi connectivity index (χ4v) is 3.36. The van der Waals surface area contributed by atoms with E-state index >= 15 is 0 Å². The molecule has 0 radical (unpaired) electrons. The minimum Gasteiger partial charge on any atom is -0.355 e. The lowest BCUT2D eigenvalue weighted by Crippen LogP contribution is -2.44. The van der Waals surface area contributed by atoms with Crippen LogP contribution in [-0.4, -0.2) is 49.0 Å². The summed E-state index contributed by atoms with van der Waals surface area (Å²) in [7, 11) is 1.57. The second-order valence-electron chi connectivity index (χ2n) is 6.51. The summed E-state index contributed by atoms with van der Waals surface area (Å²) in [6, 6.07) is 6.74. The Kier molecular flexibility index (Phi) is 5.33. The van der Waals surface area contributed by atoms with Crippen molar-refractivity contribution in [3.63, 3.8) is 0 Å². The molecule has 0 aromatic heterocycles. The smallest absolute Gasteiger partial charge is 0.332 e. The van der Waals surface area contributed by atoms with Crippen LogP contribution in [0.5, 0.6) is 0 Å². The first-order chi connectivity index (χ1) is 12.1. The van der Waals surface area contributed by atoms with Crippen molar-refractivity contribution in [1.82, 2.24) is 15.5 Å². The van der Waals surface area contributed by atoms with Gasteiger partial charge in [0.05, 0.1) is 6.67 Å². The van der Waals surface area contributed by atoms with E-state index in [1.807, 2.05) is 0 Å². The molecule has 7 nitrogen and oxygen atoms in total. The largest absolute Gasteiger partial charge is 0.355 e. The summed E-state index contributed by atoms with van der Waals surface area (Å²) in [6.07, 6.45) is 5.86. The van der Waals surface area contributed by atoms with Crippen LogP contribution >= 0.6 is 0 Å². The van der Waals surface area contributed by atoms with Gasteiger partial charge in [-0.3, -0.25) is 19.8 Å². The molecule has 1 aliphatic carbocycles. The molecular weight excluding hydrogens is 320 g/mol. The Morgan fingerprint density at radius 3 is 2.44 bits per heavy atom. The molecule has 1 aromatic rings. The zero-order valence-corrected chi connectivity index (χ0v) is 14.5. The lowest BCUT2D eigenvalue weighted by molar-refractivity contribution is -0.125. The molecule has 2 aliphatic rings. The van der Waals surface area contributed by atoms with E-state index in [1.54, 1.807) is 31.3 Å². The average Bonchev–Trinajstić information content (AvgIpc) is 2.94. The first-order valence-corrected chi connectivity index (χ1v) is 8.77. The summed E-state index contributed by atoms with van der Waals surface area (Å²) < 4.78 is 0. The number of carbonyl (C=O) groups excluding carboxylic acids is 3. The number of benzene rings is 1. The highest BCUT2D eigenvalue weighted by molar-refractivity contribution is 6.12. The maximum atomic E-state index is 12.6. The molecule has 0 bridgehead atoms. The minimum absolute atomic E-state index is 0.0322. The third-order valence-corrected chi connectivity index (χ3v) is 4.87. The van der Waals surface area contributed by atoms with Gasteiger partial charge >= 0.3 is 6.03 Å². The van der Waals surface area contributed by atoms with Crippen molar-refractivity contribution in [2.75, 3.05) is 25.2 Å². The number of carbonyl (C=O) groups is 3. The van der Waals surface area contributed by atoms with Gasteiger partial charge < -0.3 is 5.32 Å². The van der Waals surface area contributed by atoms with Crippen LogP contribution in [0.2, 0.25) is 0 Å². The number of urea groups is 1. The number of nitrogens with one attached hydrogen (secondary N) is 2. The molecule has 3 rings (SSSR count). The third-order valence-electron chi connectivity index (χ3n) is 4.87. The molecule has 134 valence electrons. The fourth-order valence-electron chi connectivity index (χ4n) is 3.36. The Labute approximate surface area is 147 Å². The predicted octanol–water partition coefficient (Wildman–Crippen LogP) is 1.69. The van der Waals surface area contributed by atoms with Crippen LogP contribution < -0.4 is 15.5 Å². The maximum Gasteiger partial charge on any atom is 0.332 e. The zero-order chi connectivity index (χ0) is 17.8. The van der Waals surface area contributed by atoms with E-state index in [0.717, 1.165) is 12.8 Å². The van der Waals surface area contributed by atoms with Gasteiger partial charge in [0.15, 0.2) is 0 Å². The normalized spacial score (nSPS) is 18.8. The molecule has 1 saturated carbocycles. The van der Waals surface area contributed by atoms with Gasteiger partial charge in [0.2, 0.25) is 0 Å². The van der Waals surface area contributed by atoms with Crippen LogP contribution in [0.1, 0.15) is 42.5 Å². The quantitative estimate of drug-likeness (QED) is 0.797. The predicted molar refractivity (Wildman–Crippen MR) is 94.3 cm³/mol. The molecule has 1 aliphatic heterocycles. The molecular formula is C18H24N4O3. The van der Waals surface area contributed by atoms with Crippen molar-refractivity contribution < 1.29 is 14.4 Å². The molecule has 25 heavy (non-hydrogen) atoms. The van der Waals surface area contributed by atoms with E-state index in [9.17, 15) is 14.4 Å². The van der Waals surface area contributed by atoms with E-state index in [4.69, 9.17) is 0 Å². The highest BCUT2D eigenvalue weighted by Gasteiger charge is 2.37. The van der Waals surface area contributed by atoms with E-state index in [-0.39, 0.29) is 31.1 Å². The molecule has 0 atom stereocenters. The maximum absolute atomic E-state index is 12.6. The van der Waals surface area contributed by atoms with Gasteiger partial charge in [0, 0.05) is 24.3 Å². The first-order valence-electron chi connectivity index (χ1n) is 8.77. The molecule has 2 N–H and O–H groups in total. The number of anilines is 1. The molecule has 0 spiro atoms. The molecule has 1 heterocycles. The van der Waals surface area contributed by atoms with Crippen molar-refractivity contribution in [1.29, 1.82) is 0 Å². The summed E-state index contributed by atoms with van der Waals surface area (Å²) >= 11 is 0. The Morgan fingerprint density at radius 1 is 1.12 bits per heavy atom. The number of rotatable bonds is 5. The highest BCUT2D eigenvalue weighted by atomic mass is 16.2. The summed E-state index contributed by atoms with van der Waals surface area (Å²) in [5, 5.41) is 5.88. The number of hydrogen-bond acceptors (Lipinski definition) is 4. The monoisotopic (exact) mass is 344 g/mol. The molecule has 1 saturated heterocycles. The van der Waals surface area contributed by atoms with Crippen molar-refractivity contribution in [2.45, 2.75) is 38.1 Å². The van der Waals surface area contributed by atoms with Crippen molar-refractivity contribution in [3.05, 3.63) is 29.8 Å². The standard InChI is InChI=1S/C18H24N4O3/c1-19-17(24)13-7-9-15(10-8-13)21-11-16(23)22(18(21)25)12-20-14-5-3-2-4-6-14/h7-10,14,20H,2-6,11-12H2,1H3,(H,19,24). The van der Waals surface area contributed by atoms with Gasteiger partial charge in [-0.05, 0) is 37.1 Å². The van der Waals surface area contributed by atoms with Crippen LogP contribution in [0.25, 0.3) is 0 Å². The molecule has 1 aromatic carbocycles. The SMILES string of the molecule is CNC(=O)c1ccc(N2CC(=O)N(CNC3CCCCC3)C2=O)cc1. The van der Waals surface area contributed by atoms with E-state index in [1.165, 1.54) is 29.1 Å². The number of hydrogen-bond donors (Lipinski definition) is 2. The molecule has 7 heteroatoms. The highest BCUT2D eigenvalue weighted by Crippen LogP contribution is 2.22. The van der Waals surface area contributed by atoms with Gasteiger partial charge in [-0.2, -0.15) is 0 Å². The van der Waals surface area contributed by atoms with Crippen LogP contribution in [0.15, 0.2) is 24.3 Å². The van der Waals surface area contributed by atoms with Crippen LogP contribution in [0.3, 0.4) is 0 Å². The minimum atomic E-state index is -0.319. The van der Waals surface area contributed by atoms with Crippen molar-refractivity contribution in [2.24, 2.45) is 0 Å². The second-order valence-corrected chi connectivity index (χ2v) is 6.51. The number of imide groups is 1. The van der Waals surface area contributed by atoms with Crippen molar-refractivity contribution >= 4 is 23.5 Å². The third kappa shape index (κ3) is 3.82. The van der Waals surface area contributed by atoms with Gasteiger partial charge in [-0.15, -0.1) is 0 Å². The Morgan fingerprint density at radius 2 is 1.80 bits per heavy atom. The van der Waals surface area contributed by atoms with Crippen LogP contribution in [-0.2, 0) is 4.79 Å². The summed E-state index contributed by atoms with van der Waals surface area (Å²) in [4.78, 5) is 39.1. The lowest BCUT2D eigenvalue weighted by atomic mass is 9.96. The second kappa shape index (κ2) is 7.65. The van der Waals surface area contributed by atoms with E-state index in [0.29, 0.717) is 17.3 Å². The first kappa shape index (κ1) is 17.4. The zero-order valence-electron chi connectivity index (χ0n) is 14.5. The number of nitrogens with zero attached hydrogens (tertiary/aromatic N) is 2. The summed E-state index contributed by atoms with van der Waals surface area (Å²) in [5.74, 6) is -0.391. The Balaban J connectivity index is 1.63. The van der Waals surface area contributed by atoms with E-state index < -0.39 is 0 Å². The van der Waals surface area contributed by atoms with Gasteiger partial charge in [0.25, 0.3) is 11.8 Å². The van der Waals surface area contributed by atoms with Gasteiger partial charge in [-0.1, -0.05) is 19.3 Å². The molecule has 4 amide bonds. The Bertz CT molecular complexity index is 653. The fraction of sp³-hybridized carbons (Fsp3) is 0.500. The summed E-state index contributed by atoms with van der Waals surface area (Å²) in [5.41, 5.74) is 1.13. The number of amides is 4. The van der Waals surface area contributed by atoms with E-state index in [2.05, 4.69) is 10.6 Å². The van der Waals surface area contributed by atoms with Crippen LogP contribution in [0.4, 0.5) is 10.5 Å². The van der Waals surface area contributed by atoms with Crippen molar-refractivity contribution in [3.8, 4) is 0 Å². The topological polar surface area (TPSA) is 81.8 Å². The average molecular weight is 344 g/mol. The van der Waals surface area contributed by atoms with Gasteiger partial charge in [0.1, 0.15) is 6.54 Å². The summed E-state index contributed by atoms with van der Waals surface area (Å²) in [6.45, 7) is 0.291. The van der Waals surface area contributed by atoms with Gasteiger partial charge in [-0.25, -0.2) is 9.69 Å². The Hall–Kier alpha value is -2.41. The molecule has 2 fully saturated rings. The van der Waals surface area contributed by atoms with Crippen LogP contribution in [0, 0.1) is 0 Å².